The average molecular weight is 269 g/mol. The third kappa shape index (κ3) is 5.61. The van der Waals surface area contributed by atoms with Gasteiger partial charge in [-0.1, -0.05) is 5.21 Å². The van der Waals surface area contributed by atoms with Gasteiger partial charge in [-0.3, -0.25) is 19.6 Å². The fourth-order valence-electron chi connectivity index (χ4n) is 1.27. The van der Waals surface area contributed by atoms with Gasteiger partial charge in [-0.15, -0.1) is 5.10 Å². The maximum Gasteiger partial charge on any atom is 0.321 e. The van der Waals surface area contributed by atoms with Gasteiger partial charge in [0.2, 0.25) is 5.91 Å². The predicted molar refractivity (Wildman–Crippen MR) is 63.2 cm³/mol. The summed E-state index contributed by atoms with van der Waals surface area (Å²) >= 11 is 0. The van der Waals surface area contributed by atoms with Crippen molar-refractivity contribution >= 4 is 17.9 Å². The van der Waals surface area contributed by atoms with Gasteiger partial charge in [0.1, 0.15) is 0 Å². The van der Waals surface area contributed by atoms with Gasteiger partial charge in [-0.25, -0.2) is 4.79 Å². The maximum atomic E-state index is 11.3. The van der Waals surface area contributed by atoms with E-state index in [0.29, 0.717) is 12.1 Å². The number of amides is 3. The van der Waals surface area contributed by atoms with E-state index in [1.54, 1.807) is 6.20 Å². The highest BCUT2D eigenvalue weighted by molar-refractivity contribution is 5.94. The quantitative estimate of drug-likeness (QED) is 0.617. The topological polar surface area (TPSA) is 126 Å². The summed E-state index contributed by atoms with van der Waals surface area (Å²) in [4.78, 5) is 32.5. The van der Waals surface area contributed by atoms with Gasteiger partial charge in [0.15, 0.2) is 0 Å². The summed E-state index contributed by atoms with van der Waals surface area (Å²) < 4.78 is 1.43. The summed E-state index contributed by atoms with van der Waals surface area (Å²) in [6.45, 7) is 0.267. The summed E-state index contributed by atoms with van der Waals surface area (Å²) in [7, 11) is 1.41. The molecule has 0 saturated heterocycles. The molecule has 1 heterocycles. The van der Waals surface area contributed by atoms with E-state index in [1.807, 2.05) is 0 Å². The third-order valence-corrected chi connectivity index (χ3v) is 2.23. The lowest BCUT2D eigenvalue weighted by Gasteiger charge is -2.02. The maximum absolute atomic E-state index is 11.3. The molecule has 0 atom stereocenters. The Labute approximate surface area is 109 Å². The van der Waals surface area contributed by atoms with Crippen LogP contribution in [0.2, 0.25) is 0 Å². The minimum atomic E-state index is -0.903. The fraction of sp³-hybridized carbons (Fsp3) is 0.500. The average Bonchev–Trinajstić information content (AvgIpc) is 2.81. The standard InChI is InChI=1S/C10H15N5O4/c1-11-10(19)12-8(16)4-5-15-6-7(13-14-15)2-3-9(17)18/h6H,2-5H2,1H3,(H,17,18)(H2,11,12,16,19). The monoisotopic (exact) mass is 269 g/mol. The Morgan fingerprint density at radius 2 is 2.11 bits per heavy atom. The van der Waals surface area contributed by atoms with Crippen molar-refractivity contribution in [2.45, 2.75) is 25.8 Å². The molecule has 3 amide bonds. The predicted octanol–water partition coefficient (Wildman–Crippen LogP) is -0.859. The first-order valence-electron chi connectivity index (χ1n) is 5.63. The van der Waals surface area contributed by atoms with Gasteiger partial charge in [0.25, 0.3) is 0 Å². The van der Waals surface area contributed by atoms with Crippen LogP contribution in [0.1, 0.15) is 18.5 Å². The summed E-state index contributed by atoms with van der Waals surface area (Å²) in [5.74, 6) is -1.33. The van der Waals surface area contributed by atoms with Crippen molar-refractivity contribution in [1.82, 2.24) is 25.6 Å². The lowest BCUT2D eigenvalue weighted by atomic mass is 10.2. The molecular formula is C10H15N5O4. The summed E-state index contributed by atoms with van der Waals surface area (Å²) in [6.07, 6.45) is 1.93. The van der Waals surface area contributed by atoms with Gasteiger partial charge in [0, 0.05) is 26.1 Å². The number of hydrogen-bond acceptors (Lipinski definition) is 5. The second kappa shape index (κ2) is 7.09. The molecule has 9 nitrogen and oxygen atoms in total. The molecule has 104 valence electrons. The van der Waals surface area contributed by atoms with Gasteiger partial charge >= 0.3 is 12.0 Å². The molecular weight excluding hydrogens is 254 g/mol. The number of carbonyl (C=O) groups excluding carboxylic acids is 2. The van der Waals surface area contributed by atoms with Crippen molar-refractivity contribution < 1.29 is 19.5 Å². The van der Waals surface area contributed by atoms with Gasteiger partial charge in [-0.05, 0) is 0 Å². The number of hydrogen-bond donors (Lipinski definition) is 3. The molecule has 0 spiro atoms. The van der Waals surface area contributed by atoms with Crippen molar-refractivity contribution in [2.75, 3.05) is 7.05 Å². The Morgan fingerprint density at radius 3 is 2.74 bits per heavy atom. The highest BCUT2D eigenvalue weighted by Gasteiger charge is 2.08. The van der Waals surface area contributed by atoms with E-state index in [9.17, 15) is 14.4 Å². The first kappa shape index (κ1) is 14.6. The van der Waals surface area contributed by atoms with E-state index in [-0.39, 0.29) is 19.4 Å². The molecule has 1 rings (SSSR count). The largest absolute Gasteiger partial charge is 0.481 e. The molecule has 0 aliphatic heterocycles. The van der Waals surface area contributed by atoms with Crippen LogP contribution in [0.25, 0.3) is 0 Å². The lowest BCUT2D eigenvalue weighted by Crippen LogP contribution is -2.37. The Morgan fingerprint density at radius 1 is 1.37 bits per heavy atom. The van der Waals surface area contributed by atoms with Crippen LogP contribution in [0.5, 0.6) is 0 Å². The minimum Gasteiger partial charge on any atom is -0.481 e. The number of carboxylic acids is 1. The van der Waals surface area contributed by atoms with E-state index >= 15 is 0 Å². The van der Waals surface area contributed by atoms with E-state index in [1.165, 1.54) is 11.7 Å². The number of imide groups is 1. The van der Waals surface area contributed by atoms with E-state index in [2.05, 4.69) is 20.9 Å². The molecule has 0 aliphatic rings. The molecule has 19 heavy (non-hydrogen) atoms. The van der Waals surface area contributed by atoms with E-state index in [4.69, 9.17) is 5.11 Å². The van der Waals surface area contributed by atoms with Crippen LogP contribution < -0.4 is 10.6 Å². The molecule has 0 aliphatic carbocycles. The van der Waals surface area contributed by atoms with Crippen molar-refractivity contribution in [3.05, 3.63) is 11.9 Å². The zero-order valence-electron chi connectivity index (χ0n) is 10.4. The second-order valence-corrected chi connectivity index (χ2v) is 3.74. The highest BCUT2D eigenvalue weighted by atomic mass is 16.4. The van der Waals surface area contributed by atoms with Gasteiger partial charge in [-0.2, -0.15) is 0 Å². The molecule has 1 aromatic heterocycles. The molecule has 9 heteroatoms. The number of nitrogens with one attached hydrogen (secondary N) is 2. The zero-order chi connectivity index (χ0) is 14.3. The van der Waals surface area contributed by atoms with Crippen LogP contribution in [0.4, 0.5) is 4.79 Å². The first-order chi connectivity index (χ1) is 9.01. The summed E-state index contributed by atoms with van der Waals surface area (Å²) in [5.41, 5.74) is 0.550. The van der Waals surface area contributed by atoms with Gasteiger partial charge in [0.05, 0.1) is 18.7 Å². The number of aromatic nitrogens is 3. The number of aryl methyl sites for hydroxylation is 2. The smallest absolute Gasteiger partial charge is 0.321 e. The first-order valence-corrected chi connectivity index (χ1v) is 5.63. The molecule has 0 unspecified atom stereocenters. The molecule has 3 N–H and O–H groups in total. The number of carboxylic acid groups (broad SMARTS) is 1. The molecule has 0 aromatic carbocycles. The van der Waals surface area contributed by atoms with Crippen LogP contribution in [-0.4, -0.2) is 45.1 Å². The van der Waals surface area contributed by atoms with Crippen LogP contribution in [0.15, 0.2) is 6.20 Å². The molecule has 0 saturated carbocycles. The lowest BCUT2D eigenvalue weighted by molar-refractivity contribution is -0.137. The minimum absolute atomic E-state index is 0.0180. The second-order valence-electron chi connectivity index (χ2n) is 3.74. The number of urea groups is 1. The number of carbonyl (C=O) groups is 3. The van der Waals surface area contributed by atoms with E-state index < -0.39 is 17.9 Å². The molecule has 1 aromatic rings. The van der Waals surface area contributed by atoms with Crippen LogP contribution in [0, 0.1) is 0 Å². The van der Waals surface area contributed by atoms with Gasteiger partial charge < -0.3 is 10.4 Å². The Hall–Kier alpha value is -2.45. The number of aliphatic carboxylic acids is 1. The summed E-state index contributed by atoms with van der Waals surface area (Å²) in [5, 5.41) is 20.4. The third-order valence-electron chi connectivity index (χ3n) is 2.23. The van der Waals surface area contributed by atoms with E-state index in [0.717, 1.165) is 0 Å². The van der Waals surface area contributed by atoms with Crippen molar-refractivity contribution in [2.24, 2.45) is 0 Å². The zero-order valence-corrected chi connectivity index (χ0v) is 10.4. The van der Waals surface area contributed by atoms with Crippen molar-refractivity contribution in [1.29, 1.82) is 0 Å². The number of nitrogens with zero attached hydrogens (tertiary/aromatic N) is 3. The fourth-order valence-corrected chi connectivity index (χ4v) is 1.27. The normalized spacial score (nSPS) is 9.95. The van der Waals surface area contributed by atoms with Crippen LogP contribution in [0.3, 0.4) is 0 Å². The van der Waals surface area contributed by atoms with Crippen molar-refractivity contribution in [3.63, 3.8) is 0 Å². The Bertz CT molecular complexity index is 470. The van der Waals surface area contributed by atoms with Crippen LogP contribution >= 0.6 is 0 Å². The molecule has 0 bridgehead atoms. The highest BCUT2D eigenvalue weighted by Crippen LogP contribution is 1.99. The SMILES string of the molecule is CNC(=O)NC(=O)CCn1cc(CCC(=O)O)nn1. The number of rotatable bonds is 6. The van der Waals surface area contributed by atoms with Crippen molar-refractivity contribution in [3.8, 4) is 0 Å². The molecule has 0 fully saturated rings. The summed E-state index contributed by atoms with van der Waals surface area (Å²) in [6, 6.07) is -0.564. The van der Waals surface area contributed by atoms with Crippen LogP contribution in [-0.2, 0) is 22.6 Å². The Balaban J connectivity index is 2.35. The molecule has 0 radical (unpaired) electrons. The Kier molecular flexibility index (Phi) is 5.45.